The molecule has 1 saturated heterocycles. The molecule has 0 aliphatic carbocycles. The fraction of sp³-hybridized carbons (Fsp3) is 0.375. The fourth-order valence-corrected chi connectivity index (χ4v) is 5.26. The molecule has 3 amide bonds. The third kappa shape index (κ3) is 4.75. The van der Waals surface area contributed by atoms with E-state index >= 15 is 0 Å². The zero-order chi connectivity index (χ0) is 22.5. The minimum atomic E-state index is -0.873. The first-order valence-electron chi connectivity index (χ1n) is 10.9. The highest BCUT2D eigenvalue weighted by Gasteiger charge is 2.40. The zero-order valence-electron chi connectivity index (χ0n) is 18.1. The zero-order valence-corrected chi connectivity index (χ0v) is 18.9. The van der Waals surface area contributed by atoms with Gasteiger partial charge in [-0.2, -0.15) is 0 Å². The van der Waals surface area contributed by atoms with Crippen molar-refractivity contribution < 1.29 is 19.1 Å². The van der Waals surface area contributed by atoms with Crippen LogP contribution in [0.4, 0.5) is 11.4 Å². The van der Waals surface area contributed by atoms with Crippen LogP contribution in [-0.4, -0.2) is 54.6 Å². The number of ether oxygens (including phenoxy) is 1. The van der Waals surface area contributed by atoms with Gasteiger partial charge in [0, 0.05) is 18.0 Å². The molecule has 8 heteroatoms. The second-order valence-electron chi connectivity index (χ2n) is 7.88. The summed E-state index contributed by atoms with van der Waals surface area (Å²) in [5.41, 5.74) is 1.18. The molecule has 4 rings (SSSR count). The van der Waals surface area contributed by atoms with Crippen LogP contribution in [0.15, 0.2) is 53.4 Å². The number of benzene rings is 2. The SMILES string of the molecule is COc1ccccc1NC(=O)CN1C(=O)[C@H](C(=O)N2CCCCCC2)Sc2ccccc21. The summed E-state index contributed by atoms with van der Waals surface area (Å²) >= 11 is 1.28. The van der Waals surface area contributed by atoms with Gasteiger partial charge in [-0.05, 0) is 37.1 Å². The van der Waals surface area contributed by atoms with Crippen molar-refractivity contribution >= 4 is 40.9 Å². The van der Waals surface area contributed by atoms with Gasteiger partial charge in [-0.1, -0.05) is 37.1 Å². The lowest BCUT2D eigenvalue weighted by molar-refractivity contribution is -0.135. The van der Waals surface area contributed by atoms with E-state index in [2.05, 4.69) is 5.32 Å². The molecule has 0 bridgehead atoms. The van der Waals surface area contributed by atoms with Crippen LogP contribution in [0.1, 0.15) is 25.7 Å². The molecular formula is C24H27N3O4S. The molecule has 2 aliphatic rings. The minimum absolute atomic E-state index is 0.161. The number of hydrogen-bond donors (Lipinski definition) is 1. The van der Waals surface area contributed by atoms with Crippen LogP contribution in [0.2, 0.25) is 0 Å². The van der Waals surface area contributed by atoms with Gasteiger partial charge in [0.25, 0.3) is 5.91 Å². The molecule has 0 radical (unpaired) electrons. The van der Waals surface area contributed by atoms with E-state index in [-0.39, 0.29) is 24.3 Å². The van der Waals surface area contributed by atoms with Gasteiger partial charge in [0.15, 0.2) is 5.25 Å². The van der Waals surface area contributed by atoms with Crippen LogP contribution in [0.25, 0.3) is 0 Å². The highest BCUT2D eigenvalue weighted by molar-refractivity contribution is 8.01. The van der Waals surface area contributed by atoms with Crippen molar-refractivity contribution in [1.29, 1.82) is 0 Å². The molecule has 2 aromatic rings. The lowest BCUT2D eigenvalue weighted by Gasteiger charge is -2.34. The topological polar surface area (TPSA) is 79.0 Å². The molecule has 168 valence electrons. The van der Waals surface area contributed by atoms with Gasteiger partial charge in [-0.15, -0.1) is 11.8 Å². The molecule has 1 atom stereocenters. The highest BCUT2D eigenvalue weighted by atomic mass is 32.2. The highest BCUT2D eigenvalue weighted by Crippen LogP contribution is 2.40. The molecule has 32 heavy (non-hydrogen) atoms. The van der Waals surface area contributed by atoms with Crippen LogP contribution in [0.5, 0.6) is 5.75 Å². The van der Waals surface area contributed by atoms with Crippen molar-refractivity contribution in [2.45, 2.75) is 35.8 Å². The van der Waals surface area contributed by atoms with Gasteiger partial charge in [0.1, 0.15) is 12.3 Å². The number of amides is 3. The Morgan fingerprint density at radius 2 is 1.72 bits per heavy atom. The van der Waals surface area contributed by atoms with Gasteiger partial charge in [0.05, 0.1) is 18.5 Å². The smallest absolute Gasteiger partial charge is 0.250 e. The van der Waals surface area contributed by atoms with E-state index in [1.807, 2.05) is 35.2 Å². The molecule has 2 aliphatic heterocycles. The number of thioether (sulfide) groups is 1. The van der Waals surface area contributed by atoms with Gasteiger partial charge >= 0.3 is 0 Å². The maximum Gasteiger partial charge on any atom is 0.250 e. The van der Waals surface area contributed by atoms with Crippen molar-refractivity contribution in [2.75, 3.05) is 37.0 Å². The first-order valence-corrected chi connectivity index (χ1v) is 11.7. The number of carbonyl (C=O) groups excluding carboxylic acids is 3. The third-order valence-electron chi connectivity index (χ3n) is 5.72. The van der Waals surface area contributed by atoms with Crippen LogP contribution in [0.3, 0.4) is 0 Å². The first kappa shape index (κ1) is 22.2. The number of nitrogens with one attached hydrogen (secondary N) is 1. The monoisotopic (exact) mass is 453 g/mol. The molecule has 0 unspecified atom stereocenters. The van der Waals surface area contributed by atoms with E-state index in [0.717, 1.165) is 30.6 Å². The summed E-state index contributed by atoms with van der Waals surface area (Å²) in [7, 11) is 1.53. The number of para-hydroxylation sites is 3. The second kappa shape index (κ2) is 10.1. The lowest BCUT2D eigenvalue weighted by Crippen LogP contribution is -2.51. The number of likely N-dealkylation sites (tertiary alicyclic amines) is 1. The summed E-state index contributed by atoms with van der Waals surface area (Å²) in [5, 5.41) is 1.94. The largest absolute Gasteiger partial charge is 0.495 e. The Hall–Kier alpha value is -3.00. The van der Waals surface area contributed by atoms with Crippen LogP contribution in [0, 0.1) is 0 Å². The van der Waals surface area contributed by atoms with Gasteiger partial charge < -0.3 is 19.9 Å². The summed E-state index contributed by atoms with van der Waals surface area (Å²) in [4.78, 5) is 43.6. The van der Waals surface area contributed by atoms with Crippen molar-refractivity contribution in [3.8, 4) is 5.75 Å². The maximum atomic E-state index is 13.4. The Morgan fingerprint density at radius 3 is 2.47 bits per heavy atom. The Morgan fingerprint density at radius 1 is 1.03 bits per heavy atom. The van der Waals surface area contributed by atoms with Crippen LogP contribution in [-0.2, 0) is 14.4 Å². The summed E-state index contributed by atoms with van der Waals surface area (Å²) in [5.74, 6) is -0.328. The molecule has 7 nitrogen and oxygen atoms in total. The van der Waals surface area contributed by atoms with E-state index in [0.29, 0.717) is 30.2 Å². The molecule has 1 fully saturated rings. The maximum absolute atomic E-state index is 13.4. The number of methoxy groups -OCH3 is 1. The number of nitrogens with zero attached hydrogens (tertiary/aromatic N) is 2. The van der Waals surface area contributed by atoms with Gasteiger partial charge in [-0.3, -0.25) is 14.4 Å². The van der Waals surface area contributed by atoms with Gasteiger partial charge in [-0.25, -0.2) is 0 Å². The summed E-state index contributed by atoms with van der Waals surface area (Å²) in [6.45, 7) is 1.18. The van der Waals surface area contributed by atoms with Crippen LogP contribution >= 0.6 is 11.8 Å². The molecule has 0 saturated carbocycles. The van der Waals surface area contributed by atoms with E-state index in [9.17, 15) is 14.4 Å². The Kier molecular flexibility index (Phi) is 6.99. The average molecular weight is 454 g/mol. The predicted octanol–water partition coefficient (Wildman–Crippen LogP) is 3.54. The number of fused-ring (bicyclic) bond motifs is 1. The number of hydrogen-bond acceptors (Lipinski definition) is 5. The first-order chi connectivity index (χ1) is 15.6. The summed E-state index contributed by atoms with van der Waals surface area (Å²) in [6, 6.07) is 14.5. The third-order valence-corrected chi connectivity index (χ3v) is 6.95. The number of rotatable bonds is 5. The molecular weight excluding hydrogens is 426 g/mol. The Labute approximate surface area is 192 Å². The fourth-order valence-electron chi connectivity index (χ4n) is 4.07. The second-order valence-corrected chi connectivity index (χ2v) is 9.02. The normalized spacial score (nSPS) is 18.5. The average Bonchev–Trinajstić information content (AvgIpc) is 3.10. The number of anilines is 2. The van der Waals surface area contributed by atoms with E-state index < -0.39 is 5.25 Å². The molecule has 0 spiro atoms. The summed E-state index contributed by atoms with van der Waals surface area (Å²) < 4.78 is 5.29. The lowest BCUT2D eigenvalue weighted by atomic mass is 10.2. The molecule has 2 heterocycles. The summed E-state index contributed by atoms with van der Waals surface area (Å²) in [6.07, 6.45) is 4.12. The Bertz CT molecular complexity index is 1000. The van der Waals surface area contributed by atoms with Crippen LogP contribution < -0.4 is 15.0 Å². The van der Waals surface area contributed by atoms with Crippen molar-refractivity contribution in [3.05, 3.63) is 48.5 Å². The Balaban J connectivity index is 1.55. The van der Waals surface area contributed by atoms with Crippen molar-refractivity contribution in [1.82, 2.24) is 4.90 Å². The van der Waals surface area contributed by atoms with Crippen molar-refractivity contribution in [2.24, 2.45) is 0 Å². The number of carbonyl (C=O) groups is 3. The molecule has 1 N–H and O–H groups in total. The molecule has 0 aromatic heterocycles. The van der Waals surface area contributed by atoms with Crippen molar-refractivity contribution in [3.63, 3.8) is 0 Å². The predicted molar refractivity (Wildman–Crippen MR) is 125 cm³/mol. The molecule has 2 aromatic carbocycles. The quantitative estimate of drug-likeness (QED) is 0.701. The minimum Gasteiger partial charge on any atom is -0.495 e. The van der Waals surface area contributed by atoms with E-state index in [1.54, 1.807) is 18.2 Å². The standard InChI is InChI=1S/C24H27N3O4S/c1-31-19-12-6-4-10-17(19)25-21(28)16-27-18-11-5-7-13-20(18)32-22(24(27)30)23(29)26-14-8-2-3-9-15-26/h4-7,10-13,22H,2-3,8-9,14-16H2,1H3,(H,25,28)/t22-/m0/s1. The van der Waals surface area contributed by atoms with E-state index in [1.165, 1.54) is 23.8 Å². The van der Waals surface area contributed by atoms with Gasteiger partial charge in [0.2, 0.25) is 11.8 Å². The van der Waals surface area contributed by atoms with E-state index in [4.69, 9.17) is 4.74 Å².